The van der Waals surface area contributed by atoms with E-state index in [0.29, 0.717) is 22.1 Å². The Morgan fingerprint density at radius 3 is 2.74 bits per heavy atom. The number of carbonyl (C=O) groups excluding carboxylic acids is 1. The van der Waals surface area contributed by atoms with Crippen LogP contribution in [0, 0.1) is 12.7 Å². The lowest BCUT2D eigenvalue weighted by Crippen LogP contribution is -2.30. The fraction of sp³-hybridized carbons (Fsp3) is 0.333. The molecule has 0 fully saturated rings. The number of carboxylic acid groups (broad SMARTS) is 1. The van der Waals surface area contributed by atoms with Crippen LogP contribution in [-0.4, -0.2) is 23.7 Å². The maximum absolute atomic E-state index is 13.3. The van der Waals surface area contributed by atoms with E-state index in [0.717, 1.165) is 0 Å². The Labute approximate surface area is 118 Å². The molecular weight excluding hydrogens is 319 g/mol. The largest absolute Gasteiger partial charge is 0.481 e. The normalized spacial score (nSPS) is 10.1. The van der Waals surface area contributed by atoms with Crippen LogP contribution in [0.2, 0.25) is 0 Å². The first-order valence-electron chi connectivity index (χ1n) is 5.62. The topological polar surface area (TPSA) is 78.4 Å². The van der Waals surface area contributed by atoms with Crippen molar-refractivity contribution in [3.8, 4) is 0 Å². The van der Waals surface area contributed by atoms with Crippen LogP contribution in [0.4, 0.5) is 14.9 Å². The van der Waals surface area contributed by atoms with Crippen LogP contribution < -0.4 is 10.6 Å². The van der Waals surface area contributed by atoms with E-state index in [1.807, 2.05) is 0 Å². The zero-order chi connectivity index (χ0) is 14.4. The van der Waals surface area contributed by atoms with Crippen LogP contribution >= 0.6 is 15.9 Å². The van der Waals surface area contributed by atoms with Crippen LogP contribution in [0.3, 0.4) is 0 Å². The second kappa shape index (κ2) is 7.08. The van der Waals surface area contributed by atoms with Crippen molar-refractivity contribution in [3.05, 3.63) is 28.0 Å². The second-order valence-electron chi connectivity index (χ2n) is 3.96. The van der Waals surface area contributed by atoms with Gasteiger partial charge >= 0.3 is 12.0 Å². The van der Waals surface area contributed by atoms with Gasteiger partial charge in [-0.15, -0.1) is 0 Å². The number of halogens is 2. The first-order valence-corrected chi connectivity index (χ1v) is 6.41. The van der Waals surface area contributed by atoms with Crippen molar-refractivity contribution < 1.29 is 19.1 Å². The van der Waals surface area contributed by atoms with Crippen LogP contribution in [0.1, 0.15) is 18.4 Å². The number of aryl methyl sites for hydroxylation is 1. The molecule has 1 aromatic carbocycles. The number of nitrogens with one attached hydrogen (secondary N) is 2. The van der Waals surface area contributed by atoms with Crippen LogP contribution in [-0.2, 0) is 4.79 Å². The predicted octanol–water partition coefficient (Wildman–Crippen LogP) is 2.88. The summed E-state index contributed by atoms with van der Waals surface area (Å²) in [6, 6.07) is 2.29. The maximum Gasteiger partial charge on any atom is 0.319 e. The smallest absolute Gasteiger partial charge is 0.319 e. The number of carbonyl (C=O) groups is 2. The summed E-state index contributed by atoms with van der Waals surface area (Å²) in [7, 11) is 0. The average molecular weight is 333 g/mol. The van der Waals surface area contributed by atoms with E-state index < -0.39 is 17.8 Å². The number of carboxylic acids is 1. The van der Waals surface area contributed by atoms with Crippen molar-refractivity contribution in [2.45, 2.75) is 19.8 Å². The van der Waals surface area contributed by atoms with Crippen molar-refractivity contribution in [3.63, 3.8) is 0 Å². The van der Waals surface area contributed by atoms with Gasteiger partial charge in [0.1, 0.15) is 5.82 Å². The molecule has 0 saturated carbocycles. The van der Waals surface area contributed by atoms with Gasteiger partial charge in [-0.05, 0) is 47.0 Å². The molecule has 0 saturated heterocycles. The van der Waals surface area contributed by atoms with Crippen molar-refractivity contribution >= 4 is 33.6 Å². The minimum absolute atomic E-state index is 0.00772. The summed E-state index contributed by atoms with van der Waals surface area (Å²) in [4.78, 5) is 21.8. The van der Waals surface area contributed by atoms with Crippen molar-refractivity contribution in [2.75, 3.05) is 11.9 Å². The van der Waals surface area contributed by atoms with Gasteiger partial charge in [-0.25, -0.2) is 9.18 Å². The van der Waals surface area contributed by atoms with Crippen molar-refractivity contribution in [1.82, 2.24) is 5.32 Å². The van der Waals surface area contributed by atoms with Crippen molar-refractivity contribution in [1.29, 1.82) is 0 Å². The van der Waals surface area contributed by atoms with Crippen molar-refractivity contribution in [2.24, 2.45) is 0 Å². The van der Waals surface area contributed by atoms with E-state index in [2.05, 4.69) is 26.6 Å². The zero-order valence-electron chi connectivity index (χ0n) is 10.3. The highest BCUT2D eigenvalue weighted by atomic mass is 79.9. The molecule has 0 radical (unpaired) electrons. The average Bonchev–Trinajstić information content (AvgIpc) is 2.31. The Morgan fingerprint density at radius 2 is 2.11 bits per heavy atom. The molecule has 0 heterocycles. The van der Waals surface area contributed by atoms with Gasteiger partial charge in [0, 0.05) is 18.7 Å². The molecule has 0 aliphatic rings. The molecule has 0 spiro atoms. The van der Waals surface area contributed by atoms with Gasteiger partial charge in [-0.1, -0.05) is 0 Å². The summed E-state index contributed by atoms with van der Waals surface area (Å²) in [6.45, 7) is 1.99. The summed E-state index contributed by atoms with van der Waals surface area (Å²) >= 11 is 3.05. The van der Waals surface area contributed by atoms with Gasteiger partial charge in [0.15, 0.2) is 0 Å². The number of hydrogen-bond donors (Lipinski definition) is 3. The first-order chi connectivity index (χ1) is 8.90. The van der Waals surface area contributed by atoms with Gasteiger partial charge < -0.3 is 15.7 Å². The molecule has 0 atom stereocenters. The minimum Gasteiger partial charge on any atom is -0.481 e. The van der Waals surface area contributed by atoms with Crippen LogP contribution in [0.5, 0.6) is 0 Å². The van der Waals surface area contributed by atoms with Gasteiger partial charge in [0.2, 0.25) is 0 Å². The van der Waals surface area contributed by atoms with Gasteiger partial charge in [0.05, 0.1) is 4.47 Å². The highest BCUT2D eigenvalue weighted by Crippen LogP contribution is 2.23. The summed E-state index contributed by atoms with van der Waals surface area (Å²) in [5.41, 5.74) is 1.09. The number of aliphatic carboxylic acids is 1. The summed E-state index contributed by atoms with van der Waals surface area (Å²) < 4.78 is 13.7. The lowest BCUT2D eigenvalue weighted by molar-refractivity contribution is -0.137. The summed E-state index contributed by atoms with van der Waals surface area (Å²) in [5.74, 6) is -1.38. The molecule has 2 amide bonds. The first kappa shape index (κ1) is 15.4. The molecular formula is C12H14BrFN2O3. The fourth-order valence-electron chi connectivity index (χ4n) is 1.39. The molecule has 0 aromatic heterocycles. The van der Waals surface area contributed by atoms with E-state index in [1.165, 1.54) is 6.07 Å². The van der Waals surface area contributed by atoms with Gasteiger partial charge in [-0.2, -0.15) is 0 Å². The van der Waals surface area contributed by atoms with E-state index in [-0.39, 0.29) is 13.0 Å². The fourth-order valence-corrected chi connectivity index (χ4v) is 1.85. The summed E-state index contributed by atoms with van der Waals surface area (Å²) in [6.07, 6.45) is 0.336. The predicted molar refractivity (Wildman–Crippen MR) is 72.7 cm³/mol. The Hall–Kier alpha value is -1.63. The molecule has 0 aliphatic heterocycles. The minimum atomic E-state index is -0.909. The molecule has 0 unspecified atom stereocenters. The maximum atomic E-state index is 13.3. The van der Waals surface area contributed by atoms with Gasteiger partial charge in [-0.3, -0.25) is 4.79 Å². The number of hydrogen-bond acceptors (Lipinski definition) is 2. The molecule has 0 bridgehead atoms. The zero-order valence-corrected chi connectivity index (χ0v) is 11.9. The molecule has 19 heavy (non-hydrogen) atoms. The van der Waals surface area contributed by atoms with Crippen LogP contribution in [0.15, 0.2) is 16.6 Å². The Bertz CT molecular complexity index is 494. The molecule has 1 rings (SSSR count). The number of benzene rings is 1. The number of anilines is 1. The monoisotopic (exact) mass is 332 g/mol. The third-order valence-electron chi connectivity index (χ3n) is 2.37. The van der Waals surface area contributed by atoms with E-state index in [9.17, 15) is 14.0 Å². The number of urea groups is 1. The molecule has 104 valence electrons. The van der Waals surface area contributed by atoms with E-state index in [4.69, 9.17) is 5.11 Å². The van der Waals surface area contributed by atoms with E-state index >= 15 is 0 Å². The van der Waals surface area contributed by atoms with E-state index in [1.54, 1.807) is 13.0 Å². The molecule has 5 nitrogen and oxygen atoms in total. The number of amides is 2. The molecule has 7 heteroatoms. The Balaban J connectivity index is 2.48. The molecule has 1 aromatic rings. The lowest BCUT2D eigenvalue weighted by Gasteiger charge is -2.10. The number of rotatable bonds is 5. The molecule has 0 aliphatic carbocycles. The lowest BCUT2D eigenvalue weighted by atomic mass is 10.2. The second-order valence-corrected chi connectivity index (χ2v) is 4.81. The van der Waals surface area contributed by atoms with Gasteiger partial charge in [0.25, 0.3) is 0 Å². The standard InChI is InChI=1S/C12H14BrFN2O3/c1-7-5-8(13)9(14)6-10(7)16-12(19)15-4-2-3-11(17)18/h5-6H,2-4H2,1H3,(H,17,18)(H2,15,16,19). The quantitative estimate of drug-likeness (QED) is 0.725. The SMILES string of the molecule is Cc1cc(Br)c(F)cc1NC(=O)NCCCC(=O)O. The Morgan fingerprint density at radius 1 is 1.42 bits per heavy atom. The molecule has 3 N–H and O–H groups in total. The van der Waals surface area contributed by atoms with Crippen LogP contribution in [0.25, 0.3) is 0 Å². The third kappa shape index (κ3) is 5.25. The third-order valence-corrected chi connectivity index (χ3v) is 2.98. The summed E-state index contributed by atoms with van der Waals surface area (Å²) in [5, 5.41) is 13.4. The highest BCUT2D eigenvalue weighted by molar-refractivity contribution is 9.10. The highest BCUT2D eigenvalue weighted by Gasteiger charge is 2.08. The Kier molecular flexibility index (Phi) is 5.75.